The van der Waals surface area contributed by atoms with E-state index in [4.69, 9.17) is 0 Å². The van der Waals surface area contributed by atoms with E-state index in [1.54, 1.807) is 0 Å². The first-order valence-corrected chi connectivity index (χ1v) is 7.63. The smallest absolute Gasteiger partial charge is 0.0360 e. The van der Waals surface area contributed by atoms with Crippen molar-refractivity contribution in [2.24, 2.45) is 0 Å². The van der Waals surface area contributed by atoms with Gasteiger partial charge in [0.2, 0.25) is 0 Å². The first-order chi connectivity index (χ1) is 9.92. The number of aromatic amines is 2. The summed E-state index contributed by atoms with van der Waals surface area (Å²) in [6.45, 7) is 1.86. The molecule has 2 unspecified atom stereocenters. The highest BCUT2D eigenvalue weighted by Crippen LogP contribution is 2.19. The fourth-order valence-corrected chi connectivity index (χ4v) is 3.06. The van der Waals surface area contributed by atoms with Crippen LogP contribution in [0.15, 0.2) is 36.7 Å². The van der Waals surface area contributed by atoms with Crippen molar-refractivity contribution in [2.75, 3.05) is 0 Å². The molecule has 1 fully saturated rings. The van der Waals surface area contributed by atoms with E-state index in [9.17, 15) is 0 Å². The van der Waals surface area contributed by atoms with Gasteiger partial charge in [-0.2, -0.15) is 0 Å². The normalized spacial score (nSPS) is 23.0. The van der Waals surface area contributed by atoms with Crippen LogP contribution < -0.4 is 10.6 Å². The van der Waals surface area contributed by atoms with Gasteiger partial charge in [-0.3, -0.25) is 0 Å². The van der Waals surface area contributed by atoms with Crippen LogP contribution in [0.2, 0.25) is 0 Å². The second kappa shape index (κ2) is 6.77. The molecule has 2 atom stereocenters. The minimum atomic E-state index is 0.571. The van der Waals surface area contributed by atoms with Gasteiger partial charge in [-0.25, -0.2) is 0 Å². The van der Waals surface area contributed by atoms with Crippen molar-refractivity contribution < 1.29 is 0 Å². The molecular formula is C16H24N4. The maximum atomic E-state index is 3.70. The molecule has 4 nitrogen and oxygen atoms in total. The van der Waals surface area contributed by atoms with Gasteiger partial charge in [-0.15, -0.1) is 0 Å². The summed E-state index contributed by atoms with van der Waals surface area (Å²) in [7, 11) is 0. The Balaban J connectivity index is 1.50. The Morgan fingerprint density at radius 3 is 1.75 bits per heavy atom. The Morgan fingerprint density at radius 2 is 1.35 bits per heavy atom. The van der Waals surface area contributed by atoms with Crippen LogP contribution in [0.4, 0.5) is 0 Å². The standard InChI is InChI=1S/C16H24N4/c1-2-8-16(20-12-14-6-4-10-18-14)15(7-1)19-11-13-5-3-9-17-13/h3-6,9-10,15-20H,1-2,7-8,11-12H2. The molecule has 1 aliphatic carbocycles. The van der Waals surface area contributed by atoms with E-state index in [2.05, 4.69) is 44.9 Å². The Labute approximate surface area is 120 Å². The van der Waals surface area contributed by atoms with Crippen LogP contribution in [-0.2, 0) is 13.1 Å². The fourth-order valence-electron chi connectivity index (χ4n) is 3.06. The first-order valence-electron chi connectivity index (χ1n) is 7.63. The van der Waals surface area contributed by atoms with Crippen molar-refractivity contribution in [3.8, 4) is 0 Å². The van der Waals surface area contributed by atoms with Crippen LogP contribution in [0.25, 0.3) is 0 Å². The molecule has 2 aromatic rings. The third kappa shape index (κ3) is 3.52. The van der Waals surface area contributed by atoms with E-state index >= 15 is 0 Å². The molecule has 0 aliphatic heterocycles. The molecule has 4 N–H and O–H groups in total. The van der Waals surface area contributed by atoms with Crippen LogP contribution in [0.5, 0.6) is 0 Å². The summed E-state index contributed by atoms with van der Waals surface area (Å²) in [5, 5.41) is 7.40. The average Bonchev–Trinajstić information content (AvgIpc) is 3.17. The zero-order chi connectivity index (χ0) is 13.6. The van der Waals surface area contributed by atoms with E-state index in [1.807, 2.05) is 12.4 Å². The van der Waals surface area contributed by atoms with Crippen molar-refractivity contribution in [2.45, 2.75) is 50.9 Å². The van der Waals surface area contributed by atoms with Gasteiger partial charge in [0.1, 0.15) is 0 Å². The summed E-state index contributed by atoms with van der Waals surface area (Å²) >= 11 is 0. The fraction of sp³-hybridized carbons (Fsp3) is 0.500. The molecule has 1 saturated carbocycles. The van der Waals surface area contributed by atoms with E-state index in [0.717, 1.165) is 13.1 Å². The minimum Gasteiger partial charge on any atom is -0.364 e. The van der Waals surface area contributed by atoms with E-state index in [0.29, 0.717) is 12.1 Å². The molecule has 108 valence electrons. The third-order valence-electron chi connectivity index (χ3n) is 4.20. The van der Waals surface area contributed by atoms with Gasteiger partial charge in [0.15, 0.2) is 0 Å². The Hall–Kier alpha value is -1.52. The Kier molecular flexibility index (Phi) is 4.56. The number of nitrogens with one attached hydrogen (secondary N) is 4. The third-order valence-corrected chi connectivity index (χ3v) is 4.20. The highest BCUT2D eigenvalue weighted by molar-refractivity contribution is 5.05. The van der Waals surface area contributed by atoms with Crippen LogP contribution in [0.3, 0.4) is 0 Å². The largest absolute Gasteiger partial charge is 0.364 e. The maximum absolute atomic E-state index is 3.70. The quantitative estimate of drug-likeness (QED) is 0.653. The molecule has 0 radical (unpaired) electrons. The second-order valence-corrected chi connectivity index (χ2v) is 5.65. The zero-order valence-corrected chi connectivity index (χ0v) is 11.9. The van der Waals surface area contributed by atoms with Gasteiger partial charge >= 0.3 is 0 Å². The summed E-state index contributed by atoms with van der Waals surface area (Å²) in [6, 6.07) is 9.52. The van der Waals surface area contributed by atoms with Crippen molar-refractivity contribution in [3.05, 3.63) is 48.0 Å². The topological polar surface area (TPSA) is 55.6 Å². The second-order valence-electron chi connectivity index (χ2n) is 5.65. The van der Waals surface area contributed by atoms with Gasteiger partial charge in [0.05, 0.1) is 0 Å². The van der Waals surface area contributed by atoms with Gasteiger partial charge in [0, 0.05) is 49.0 Å². The molecule has 0 saturated heterocycles. The Bertz CT molecular complexity index is 428. The molecule has 1 aliphatic rings. The van der Waals surface area contributed by atoms with Crippen molar-refractivity contribution >= 4 is 0 Å². The minimum absolute atomic E-state index is 0.571. The molecule has 3 rings (SSSR count). The van der Waals surface area contributed by atoms with Gasteiger partial charge in [-0.1, -0.05) is 12.8 Å². The molecule has 0 spiro atoms. The summed E-state index contributed by atoms with van der Waals surface area (Å²) < 4.78 is 0. The number of hydrogen-bond acceptors (Lipinski definition) is 2. The lowest BCUT2D eigenvalue weighted by molar-refractivity contribution is 0.280. The van der Waals surface area contributed by atoms with Gasteiger partial charge < -0.3 is 20.6 Å². The molecule has 0 amide bonds. The van der Waals surface area contributed by atoms with E-state index in [1.165, 1.54) is 37.1 Å². The predicted octanol–water partition coefficient (Wildman–Crippen LogP) is 2.53. The molecule has 20 heavy (non-hydrogen) atoms. The van der Waals surface area contributed by atoms with Gasteiger partial charge in [-0.05, 0) is 37.1 Å². The highest BCUT2D eigenvalue weighted by Gasteiger charge is 2.24. The molecule has 0 aromatic carbocycles. The van der Waals surface area contributed by atoms with Crippen LogP contribution in [0, 0.1) is 0 Å². The number of H-pyrrole nitrogens is 2. The molecule has 2 heterocycles. The average molecular weight is 272 g/mol. The van der Waals surface area contributed by atoms with Crippen molar-refractivity contribution in [1.82, 2.24) is 20.6 Å². The van der Waals surface area contributed by atoms with Crippen LogP contribution in [0.1, 0.15) is 37.1 Å². The van der Waals surface area contributed by atoms with Crippen molar-refractivity contribution in [1.29, 1.82) is 0 Å². The summed E-state index contributed by atoms with van der Waals surface area (Å²) in [5.41, 5.74) is 2.53. The predicted molar refractivity (Wildman–Crippen MR) is 81.3 cm³/mol. The maximum Gasteiger partial charge on any atom is 0.0360 e. The number of aromatic nitrogens is 2. The number of hydrogen-bond donors (Lipinski definition) is 4. The molecular weight excluding hydrogens is 248 g/mol. The lowest BCUT2D eigenvalue weighted by Crippen LogP contribution is -2.49. The van der Waals surface area contributed by atoms with Crippen LogP contribution in [-0.4, -0.2) is 22.1 Å². The molecule has 2 aromatic heterocycles. The summed E-state index contributed by atoms with van der Waals surface area (Å²) in [6.07, 6.45) is 9.18. The number of rotatable bonds is 6. The monoisotopic (exact) mass is 272 g/mol. The zero-order valence-electron chi connectivity index (χ0n) is 11.9. The SMILES string of the molecule is c1c[nH]c(CNC2CCCCC2NCc2ccc[nH]2)c1. The Morgan fingerprint density at radius 1 is 0.850 bits per heavy atom. The van der Waals surface area contributed by atoms with E-state index < -0.39 is 0 Å². The molecule has 4 heteroatoms. The lowest BCUT2D eigenvalue weighted by Gasteiger charge is -2.33. The molecule has 0 bridgehead atoms. The summed E-state index contributed by atoms with van der Waals surface area (Å²) in [4.78, 5) is 6.52. The van der Waals surface area contributed by atoms with Crippen LogP contribution >= 0.6 is 0 Å². The summed E-state index contributed by atoms with van der Waals surface area (Å²) in [5.74, 6) is 0. The van der Waals surface area contributed by atoms with E-state index in [-0.39, 0.29) is 0 Å². The first kappa shape index (κ1) is 13.5. The van der Waals surface area contributed by atoms with Crippen molar-refractivity contribution in [3.63, 3.8) is 0 Å². The highest BCUT2D eigenvalue weighted by atomic mass is 15.0. The van der Waals surface area contributed by atoms with Gasteiger partial charge in [0.25, 0.3) is 0 Å². The lowest BCUT2D eigenvalue weighted by atomic mass is 9.90.